The van der Waals surface area contributed by atoms with Crippen molar-refractivity contribution in [1.82, 2.24) is 4.72 Å². The normalized spacial score (nSPS) is 15.4. The van der Waals surface area contributed by atoms with Gasteiger partial charge in [-0.15, -0.1) is 0 Å². The van der Waals surface area contributed by atoms with E-state index < -0.39 is 10.0 Å². The van der Waals surface area contributed by atoms with Crippen molar-refractivity contribution in [2.75, 3.05) is 6.61 Å². The standard InChI is InChI=1S/C12H18BrNO3S/c1-8(7-15)10(3)14-18(16,17)12-6-4-5-11(13)9(12)2/h4-6,8,10,14-15H,7H2,1-3H3. The summed E-state index contributed by atoms with van der Waals surface area (Å²) in [6.07, 6.45) is 0. The minimum absolute atomic E-state index is 0.0544. The van der Waals surface area contributed by atoms with Crippen molar-refractivity contribution >= 4 is 26.0 Å². The summed E-state index contributed by atoms with van der Waals surface area (Å²) in [5.41, 5.74) is 0.675. The Morgan fingerprint density at radius 3 is 2.56 bits per heavy atom. The van der Waals surface area contributed by atoms with Crippen molar-refractivity contribution in [3.05, 3.63) is 28.2 Å². The van der Waals surface area contributed by atoms with Gasteiger partial charge in [-0.25, -0.2) is 13.1 Å². The molecule has 4 nitrogen and oxygen atoms in total. The quantitative estimate of drug-likeness (QED) is 0.865. The molecule has 0 saturated heterocycles. The first-order chi connectivity index (χ1) is 8.29. The van der Waals surface area contributed by atoms with Crippen molar-refractivity contribution in [3.63, 3.8) is 0 Å². The van der Waals surface area contributed by atoms with Gasteiger partial charge in [0.15, 0.2) is 0 Å². The average Bonchev–Trinajstić information content (AvgIpc) is 2.30. The van der Waals surface area contributed by atoms with Gasteiger partial charge in [-0.3, -0.25) is 0 Å². The van der Waals surface area contributed by atoms with Crippen LogP contribution in [-0.2, 0) is 10.0 Å². The molecule has 18 heavy (non-hydrogen) atoms. The van der Waals surface area contributed by atoms with E-state index in [0.717, 1.165) is 4.47 Å². The third-order valence-electron chi connectivity index (χ3n) is 2.99. The smallest absolute Gasteiger partial charge is 0.241 e. The van der Waals surface area contributed by atoms with E-state index in [4.69, 9.17) is 5.11 Å². The fourth-order valence-electron chi connectivity index (χ4n) is 1.46. The molecule has 6 heteroatoms. The maximum absolute atomic E-state index is 12.2. The Hall–Kier alpha value is -0.430. The summed E-state index contributed by atoms with van der Waals surface area (Å²) in [4.78, 5) is 0.258. The van der Waals surface area contributed by atoms with Gasteiger partial charge in [-0.2, -0.15) is 0 Å². The third kappa shape index (κ3) is 3.54. The topological polar surface area (TPSA) is 66.4 Å². The van der Waals surface area contributed by atoms with Crippen LogP contribution < -0.4 is 4.72 Å². The molecule has 102 valence electrons. The first-order valence-corrected chi connectivity index (χ1v) is 7.95. The Balaban J connectivity index is 3.04. The highest BCUT2D eigenvalue weighted by atomic mass is 79.9. The molecule has 0 fully saturated rings. The molecule has 2 unspecified atom stereocenters. The van der Waals surface area contributed by atoms with Crippen LogP contribution in [-0.4, -0.2) is 26.2 Å². The first-order valence-electron chi connectivity index (χ1n) is 5.68. The molecule has 0 aliphatic carbocycles. The van der Waals surface area contributed by atoms with Crippen LogP contribution in [0.3, 0.4) is 0 Å². The zero-order valence-electron chi connectivity index (χ0n) is 10.6. The maximum atomic E-state index is 12.2. The fraction of sp³-hybridized carbons (Fsp3) is 0.500. The van der Waals surface area contributed by atoms with Crippen molar-refractivity contribution in [2.45, 2.75) is 31.7 Å². The highest BCUT2D eigenvalue weighted by molar-refractivity contribution is 9.10. The molecule has 0 radical (unpaired) electrons. The lowest BCUT2D eigenvalue weighted by atomic mass is 10.1. The number of sulfonamides is 1. The number of rotatable bonds is 5. The number of hydrogen-bond acceptors (Lipinski definition) is 3. The van der Waals surface area contributed by atoms with E-state index in [1.165, 1.54) is 0 Å². The van der Waals surface area contributed by atoms with Crippen LogP contribution >= 0.6 is 15.9 Å². The monoisotopic (exact) mass is 335 g/mol. The Bertz CT molecular complexity index is 516. The average molecular weight is 336 g/mol. The van der Waals surface area contributed by atoms with Crippen LogP contribution in [0.5, 0.6) is 0 Å². The van der Waals surface area contributed by atoms with Gasteiger partial charge in [-0.1, -0.05) is 28.9 Å². The molecular weight excluding hydrogens is 318 g/mol. The van der Waals surface area contributed by atoms with Gasteiger partial charge in [-0.05, 0) is 37.5 Å². The Labute approximate surface area is 117 Å². The second kappa shape index (κ2) is 6.14. The molecule has 0 bridgehead atoms. The van der Waals surface area contributed by atoms with E-state index in [9.17, 15) is 8.42 Å². The Morgan fingerprint density at radius 1 is 1.39 bits per heavy atom. The first kappa shape index (κ1) is 15.6. The van der Waals surface area contributed by atoms with E-state index in [1.54, 1.807) is 39.0 Å². The Morgan fingerprint density at radius 2 is 2.00 bits per heavy atom. The predicted octanol–water partition coefficient (Wildman–Crippen LogP) is 2.05. The van der Waals surface area contributed by atoms with Crippen molar-refractivity contribution in [2.24, 2.45) is 5.92 Å². The van der Waals surface area contributed by atoms with Crippen LogP contribution in [0.15, 0.2) is 27.6 Å². The van der Waals surface area contributed by atoms with E-state index in [-0.39, 0.29) is 23.5 Å². The van der Waals surface area contributed by atoms with Gasteiger partial charge in [0, 0.05) is 17.1 Å². The van der Waals surface area contributed by atoms with E-state index in [0.29, 0.717) is 5.56 Å². The van der Waals surface area contributed by atoms with Gasteiger partial charge in [0.2, 0.25) is 10.0 Å². The lowest BCUT2D eigenvalue weighted by Gasteiger charge is -2.20. The Kier molecular flexibility index (Phi) is 5.33. The zero-order chi connectivity index (χ0) is 13.9. The second-order valence-corrected chi connectivity index (χ2v) is 6.97. The molecule has 1 aromatic rings. The van der Waals surface area contributed by atoms with Crippen molar-refractivity contribution < 1.29 is 13.5 Å². The van der Waals surface area contributed by atoms with Gasteiger partial charge >= 0.3 is 0 Å². The maximum Gasteiger partial charge on any atom is 0.241 e. The minimum Gasteiger partial charge on any atom is -0.396 e. The summed E-state index contributed by atoms with van der Waals surface area (Å²) >= 11 is 3.32. The molecule has 1 aromatic carbocycles. The highest BCUT2D eigenvalue weighted by Gasteiger charge is 2.22. The lowest BCUT2D eigenvalue weighted by molar-refractivity contribution is 0.216. The number of hydrogen-bond donors (Lipinski definition) is 2. The molecule has 0 aliphatic heterocycles. The van der Waals surface area contributed by atoms with Crippen LogP contribution in [0.25, 0.3) is 0 Å². The van der Waals surface area contributed by atoms with Crippen LogP contribution in [0.1, 0.15) is 19.4 Å². The van der Waals surface area contributed by atoms with Crippen LogP contribution in [0.2, 0.25) is 0 Å². The largest absolute Gasteiger partial charge is 0.396 e. The fourth-order valence-corrected chi connectivity index (χ4v) is 3.58. The van der Waals surface area contributed by atoms with E-state index in [1.807, 2.05) is 0 Å². The summed E-state index contributed by atoms with van der Waals surface area (Å²) in [7, 11) is -3.56. The number of halogens is 1. The van der Waals surface area contributed by atoms with Gasteiger partial charge in [0.05, 0.1) is 4.90 Å². The van der Waals surface area contributed by atoms with Crippen molar-refractivity contribution in [1.29, 1.82) is 0 Å². The van der Waals surface area contributed by atoms with Crippen LogP contribution in [0, 0.1) is 12.8 Å². The third-order valence-corrected chi connectivity index (χ3v) is 5.55. The number of nitrogens with one attached hydrogen (secondary N) is 1. The van der Waals surface area contributed by atoms with Gasteiger partial charge in [0.25, 0.3) is 0 Å². The minimum atomic E-state index is -3.56. The number of benzene rings is 1. The molecule has 0 heterocycles. The summed E-state index contributed by atoms with van der Waals surface area (Å²) in [5, 5.41) is 9.03. The molecule has 1 rings (SSSR count). The molecule has 0 aromatic heterocycles. The zero-order valence-corrected chi connectivity index (χ0v) is 13.0. The predicted molar refractivity (Wildman–Crippen MR) is 74.9 cm³/mol. The molecule has 0 aliphatic rings. The summed E-state index contributed by atoms with van der Waals surface area (Å²) in [6.45, 7) is 5.23. The molecule has 2 N–H and O–H groups in total. The SMILES string of the molecule is Cc1c(Br)cccc1S(=O)(=O)NC(C)C(C)CO. The highest BCUT2D eigenvalue weighted by Crippen LogP contribution is 2.23. The van der Waals surface area contributed by atoms with Crippen molar-refractivity contribution in [3.8, 4) is 0 Å². The molecular formula is C12H18BrNO3S. The summed E-state index contributed by atoms with van der Waals surface area (Å²) in [6, 6.07) is 4.73. The number of aliphatic hydroxyl groups is 1. The van der Waals surface area contributed by atoms with Gasteiger partial charge < -0.3 is 5.11 Å². The van der Waals surface area contributed by atoms with Crippen LogP contribution in [0.4, 0.5) is 0 Å². The molecule has 2 atom stereocenters. The molecule has 0 spiro atoms. The van der Waals surface area contributed by atoms with E-state index in [2.05, 4.69) is 20.7 Å². The summed E-state index contributed by atoms with van der Waals surface area (Å²) in [5.74, 6) is -0.132. The lowest BCUT2D eigenvalue weighted by Crippen LogP contribution is -2.38. The van der Waals surface area contributed by atoms with Gasteiger partial charge in [0.1, 0.15) is 0 Å². The van der Waals surface area contributed by atoms with E-state index >= 15 is 0 Å². The second-order valence-electron chi connectivity index (χ2n) is 4.43. The molecule has 0 amide bonds. The number of aliphatic hydroxyl groups excluding tert-OH is 1. The summed E-state index contributed by atoms with van der Waals surface area (Å²) < 4.78 is 27.8. The molecule has 0 saturated carbocycles.